The molecule has 0 radical (unpaired) electrons. The van der Waals surface area contributed by atoms with E-state index in [0.29, 0.717) is 37.0 Å². The fraction of sp³-hybridized carbons (Fsp3) is 0.619. The topological polar surface area (TPSA) is 61.4 Å². The highest BCUT2D eigenvalue weighted by molar-refractivity contribution is 5.90. The number of hydrogen-bond acceptors (Lipinski definition) is 3. The van der Waals surface area contributed by atoms with Crippen LogP contribution in [0.25, 0.3) is 0 Å². The molecular formula is C21H29N3O2. The van der Waals surface area contributed by atoms with Crippen molar-refractivity contribution in [3.05, 3.63) is 29.8 Å². The highest BCUT2D eigenvalue weighted by atomic mass is 16.2. The molecule has 2 N–H and O–H groups in total. The third-order valence-electron chi connectivity index (χ3n) is 6.03. The molecule has 0 spiro atoms. The minimum absolute atomic E-state index is 0.118. The third kappa shape index (κ3) is 4.26. The fourth-order valence-corrected chi connectivity index (χ4v) is 4.59. The van der Waals surface area contributed by atoms with Crippen LogP contribution < -0.4 is 10.6 Å². The molecular weight excluding hydrogens is 326 g/mol. The van der Waals surface area contributed by atoms with E-state index in [1.54, 1.807) is 6.92 Å². The van der Waals surface area contributed by atoms with Crippen molar-refractivity contribution in [2.45, 2.75) is 76.5 Å². The summed E-state index contributed by atoms with van der Waals surface area (Å²) in [6.07, 6.45) is 7.65. The van der Waals surface area contributed by atoms with E-state index < -0.39 is 0 Å². The molecule has 4 rings (SSSR count). The van der Waals surface area contributed by atoms with Crippen LogP contribution in [0.3, 0.4) is 0 Å². The first-order valence-electron chi connectivity index (χ1n) is 9.99. The van der Waals surface area contributed by atoms with E-state index in [4.69, 9.17) is 0 Å². The minimum Gasteiger partial charge on any atom is -0.336 e. The zero-order valence-corrected chi connectivity index (χ0v) is 15.5. The van der Waals surface area contributed by atoms with Crippen LogP contribution in [0.5, 0.6) is 0 Å². The average molecular weight is 355 g/mol. The number of piperidine rings is 1. The van der Waals surface area contributed by atoms with Crippen LogP contribution in [0.2, 0.25) is 0 Å². The summed E-state index contributed by atoms with van der Waals surface area (Å²) < 4.78 is 0. The van der Waals surface area contributed by atoms with E-state index in [2.05, 4.69) is 10.6 Å². The van der Waals surface area contributed by atoms with Crippen molar-refractivity contribution in [3.63, 3.8) is 0 Å². The molecule has 2 saturated heterocycles. The van der Waals surface area contributed by atoms with Crippen molar-refractivity contribution in [1.29, 1.82) is 0 Å². The molecule has 1 saturated carbocycles. The average Bonchev–Trinajstić information content (AvgIpc) is 3.38. The predicted octanol–water partition coefficient (Wildman–Crippen LogP) is 3.06. The summed E-state index contributed by atoms with van der Waals surface area (Å²) in [7, 11) is 0. The van der Waals surface area contributed by atoms with Gasteiger partial charge < -0.3 is 15.5 Å². The van der Waals surface area contributed by atoms with Gasteiger partial charge in [0.25, 0.3) is 0 Å². The standard InChI is InChI=1S/C21H29N3O2/c1-14(25)24(20-8-9-20)13-15-2-4-17(5-3-15)23-21(26)12-16-10-18-6-7-19(11-16)22-18/h2-5,16,18-20,22H,6-13H2,1H3,(H,23,26). The highest BCUT2D eigenvalue weighted by Crippen LogP contribution is 2.33. The van der Waals surface area contributed by atoms with Gasteiger partial charge in [0.05, 0.1) is 0 Å². The van der Waals surface area contributed by atoms with Crippen LogP contribution >= 0.6 is 0 Å². The zero-order chi connectivity index (χ0) is 18.1. The number of anilines is 1. The maximum absolute atomic E-state index is 12.4. The largest absolute Gasteiger partial charge is 0.336 e. The number of fused-ring (bicyclic) bond motifs is 2. The second-order valence-electron chi connectivity index (χ2n) is 8.30. The van der Waals surface area contributed by atoms with E-state index in [1.165, 1.54) is 12.8 Å². The van der Waals surface area contributed by atoms with Gasteiger partial charge in [0, 0.05) is 43.7 Å². The molecule has 2 aliphatic heterocycles. The molecule has 1 aromatic carbocycles. The van der Waals surface area contributed by atoms with E-state index in [9.17, 15) is 9.59 Å². The van der Waals surface area contributed by atoms with Gasteiger partial charge in [0.2, 0.25) is 11.8 Å². The normalized spacial score (nSPS) is 27.2. The molecule has 140 valence electrons. The Bertz CT molecular complexity index is 656. The summed E-state index contributed by atoms with van der Waals surface area (Å²) in [6.45, 7) is 2.30. The summed E-state index contributed by atoms with van der Waals surface area (Å²) in [6, 6.07) is 9.60. The van der Waals surface area contributed by atoms with Crippen LogP contribution in [0.1, 0.15) is 57.4 Å². The van der Waals surface area contributed by atoms with Crippen molar-refractivity contribution in [2.75, 3.05) is 5.32 Å². The van der Waals surface area contributed by atoms with Crippen molar-refractivity contribution < 1.29 is 9.59 Å². The Labute approximate surface area is 155 Å². The number of nitrogens with zero attached hydrogens (tertiary/aromatic N) is 1. The van der Waals surface area contributed by atoms with Gasteiger partial charge in [-0.25, -0.2) is 0 Å². The molecule has 1 aliphatic carbocycles. The Morgan fingerprint density at radius 3 is 2.31 bits per heavy atom. The molecule has 2 atom stereocenters. The summed E-state index contributed by atoms with van der Waals surface area (Å²) in [5, 5.41) is 6.66. The van der Waals surface area contributed by atoms with E-state index in [0.717, 1.165) is 36.9 Å². The third-order valence-corrected chi connectivity index (χ3v) is 6.03. The van der Waals surface area contributed by atoms with Gasteiger partial charge in [0.15, 0.2) is 0 Å². The zero-order valence-electron chi connectivity index (χ0n) is 15.5. The number of amides is 2. The monoisotopic (exact) mass is 355 g/mol. The quantitative estimate of drug-likeness (QED) is 0.824. The van der Waals surface area contributed by atoms with Gasteiger partial charge in [-0.3, -0.25) is 9.59 Å². The molecule has 2 bridgehead atoms. The molecule has 1 aromatic rings. The lowest BCUT2D eigenvalue weighted by Gasteiger charge is -2.28. The second kappa shape index (κ2) is 7.39. The van der Waals surface area contributed by atoms with Gasteiger partial charge in [-0.2, -0.15) is 0 Å². The molecule has 5 nitrogen and oxygen atoms in total. The van der Waals surface area contributed by atoms with Gasteiger partial charge in [-0.1, -0.05) is 12.1 Å². The molecule has 2 unspecified atom stereocenters. The lowest BCUT2D eigenvalue weighted by Crippen LogP contribution is -2.39. The van der Waals surface area contributed by atoms with E-state index in [1.807, 2.05) is 29.2 Å². The molecule has 3 aliphatic rings. The van der Waals surface area contributed by atoms with Gasteiger partial charge in [-0.15, -0.1) is 0 Å². The Morgan fingerprint density at radius 1 is 1.08 bits per heavy atom. The lowest BCUT2D eigenvalue weighted by atomic mass is 9.89. The Balaban J connectivity index is 1.28. The second-order valence-corrected chi connectivity index (χ2v) is 8.30. The Hall–Kier alpha value is -1.88. The van der Waals surface area contributed by atoms with Crippen molar-refractivity contribution in [3.8, 4) is 0 Å². The Kier molecular flexibility index (Phi) is 4.98. The van der Waals surface area contributed by atoms with Gasteiger partial charge >= 0.3 is 0 Å². The minimum atomic E-state index is 0.118. The molecule has 0 aromatic heterocycles. The first-order valence-corrected chi connectivity index (χ1v) is 9.99. The summed E-state index contributed by atoms with van der Waals surface area (Å²) >= 11 is 0. The summed E-state index contributed by atoms with van der Waals surface area (Å²) in [5.41, 5.74) is 1.96. The number of rotatable bonds is 6. The first-order chi connectivity index (χ1) is 12.6. The van der Waals surface area contributed by atoms with E-state index in [-0.39, 0.29) is 11.8 Å². The SMILES string of the molecule is CC(=O)N(Cc1ccc(NC(=O)CC2CC3CCC(C2)N3)cc1)C1CC1. The highest BCUT2D eigenvalue weighted by Gasteiger charge is 2.34. The smallest absolute Gasteiger partial charge is 0.224 e. The lowest BCUT2D eigenvalue weighted by molar-refractivity contribution is -0.130. The van der Waals surface area contributed by atoms with Crippen LogP contribution in [0.15, 0.2) is 24.3 Å². The molecule has 2 heterocycles. The van der Waals surface area contributed by atoms with Gasteiger partial charge in [0.1, 0.15) is 0 Å². The predicted molar refractivity (Wildman–Crippen MR) is 102 cm³/mol. The first kappa shape index (κ1) is 17.5. The number of nitrogens with one attached hydrogen (secondary N) is 2. The summed E-state index contributed by atoms with van der Waals surface area (Å²) in [5.74, 6) is 0.768. The van der Waals surface area contributed by atoms with Crippen molar-refractivity contribution in [1.82, 2.24) is 10.2 Å². The number of hydrogen-bond donors (Lipinski definition) is 2. The van der Waals surface area contributed by atoms with Crippen LogP contribution in [-0.2, 0) is 16.1 Å². The molecule has 2 amide bonds. The number of carbonyl (C=O) groups excluding carboxylic acids is 2. The maximum Gasteiger partial charge on any atom is 0.224 e. The van der Waals surface area contributed by atoms with Gasteiger partial charge in [-0.05, 0) is 62.1 Å². The number of carbonyl (C=O) groups is 2. The summed E-state index contributed by atoms with van der Waals surface area (Å²) in [4.78, 5) is 26.1. The van der Waals surface area contributed by atoms with Crippen LogP contribution in [0, 0.1) is 5.92 Å². The fourth-order valence-electron chi connectivity index (χ4n) is 4.59. The molecule has 26 heavy (non-hydrogen) atoms. The Morgan fingerprint density at radius 2 is 1.73 bits per heavy atom. The van der Waals surface area contributed by atoms with Crippen molar-refractivity contribution in [2.24, 2.45) is 5.92 Å². The molecule has 3 fully saturated rings. The van der Waals surface area contributed by atoms with Crippen molar-refractivity contribution >= 4 is 17.5 Å². The van der Waals surface area contributed by atoms with Crippen LogP contribution in [-0.4, -0.2) is 34.8 Å². The molecule has 5 heteroatoms. The maximum atomic E-state index is 12.4. The van der Waals surface area contributed by atoms with E-state index >= 15 is 0 Å². The number of benzene rings is 1. The van der Waals surface area contributed by atoms with Crippen LogP contribution in [0.4, 0.5) is 5.69 Å².